The fourth-order valence-electron chi connectivity index (χ4n) is 2.85. The van der Waals surface area contributed by atoms with Crippen LogP contribution in [0.5, 0.6) is 11.5 Å². The standard InChI is InChI=1S/C19H16FNO5/c1-25-13-8-7-10(9-14(13)26-2)17(22)15-16(21-19(24)18(15)23)11-5-3-4-6-12(11)20/h3-9,16,22H,1-2H3,(H,21,24)/t16-/m1/s1. The van der Waals surface area contributed by atoms with Crippen LogP contribution in [0.15, 0.2) is 48.0 Å². The zero-order valence-corrected chi connectivity index (χ0v) is 14.1. The Kier molecular flexibility index (Phi) is 4.62. The topological polar surface area (TPSA) is 84.9 Å². The minimum absolute atomic E-state index is 0.0914. The van der Waals surface area contributed by atoms with Gasteiger partial charge in [0, 0.05) is 11.1 Å². The molecule has 2 N–H and O–H groups in total. The van der Waals surface area contributed by atoms with Gasteiger partial charge in [-0.2, -0.15) is 0 Å². The van der Waals surface area contributed by atoms with Gasteiger partial charge in [-0.25, -0.2) is 4.39 Å². The molecule has 0 aliphatic carbocycles. The van der Waals surface area contributed by atoms with Gasteiger partial charge in [-0.3, -0.25) is 9.59 Å². The molecule has 0 radical (unpaired) electrons. The smallest absolute Gasteiger partial charge is 0.293 e. The normalized spacial score (nSPS) is 18.5. The summed E-state index contributed by atoms with van der Waals surface area (Å²) in [5.41, 5.74) is 0.116. The average molecular weight is 357 g/mol. The second-order valence-electron chi connectivity index (χ2n) is 5.59. The SMILES string of the molecule is COc1ccc(C(O)=C2C(=O)C(=O)N[C@@H]2c2ccccc2F)cc1OC. The van der Waals surface area contributed by atoms with E-state index in [0.29, 0.717) is 11.5 Å². The zero-order valence-electron chi connectivity index (χ0n) is 14.1. The molecule has 2 aromatic rings. The number of Topliss-reactive ketones (excluding diaryl/α,β-unsaturated/α-hetero) is 1. The van der Waals surface area contributed by atoms with E-state index in [2.05, 4.69) is 5.32 Å². The molecule has 26 heavy (non-hydrogen) atoms. The van der Waals surface area contributed by atoms with Crippen molar-refractivity contribution >= 4 is 17.4 Å². The highest BCUT2D eigenvalue weighted by molar-refractivity contribution is 6.46. The molecule has 0 bridgehead atoms. The monoisotopic (exact) mass is 357 g/mol. The van der Waals surface area contributed by atoms with Crippen LogP contribution >= 0.6 is 0 Å². The van der Waals surface area contributed by atoms with Crippen molar-refractivity contribution in [3.05, 3.63) is 65.0 Å². The van der Waals surface area contributed by atoms with Crippen molar-refractivity contribution < 1.29 is 28.6 Å². The van der Waals surface area contributed by atoms with E-state index in [1.807, 2.05) is 0 Å². The third-order valence-corrected chi connectivity index (χ3v) is 4.14. The summed E-state index contributed by atoms with van der Waals surface area (Å²) in [6, 6.07) is 9.19. The number of hydrogen-bond donors (Lipinski definition) is 2. The molecule has 1 aliphatic heterocycles. The predicted molar refractivity (Wildman–Crippen MR) is 91.4 cm³/mol. The van der Waals surface area contributed by atoms with Crippen LogP contribution in [0.25, 0.3) is 5.76 Å². The quantitative estimate of drug-likeness (QED) is 0.499. The number of methoxy groups -OCH3 is 2. The van der Waals surface area contributed by atoms with Crippen molar-refractivity contribution in [3.8, 4) is 11.5 Å². The van der Waals surface area contributed by atoms with Crippen molar-refractivity contribution in [3.63, 3.8) is 0 Å². The third-order valence-electron chi connectivity index (χ3n) is 4.14. The summed E-state index contributed by atoms with van der Waals surface area (Å²) < 4.78 is 24.5. The molecule has 7 heteroatoms. The molecule has 134 valence electrons. The number of carbonyl (C=O) groups excluding carboxylic acids is 2. The van der Waals surface area contributed by atoms with Crippen LogP contribution in [0.3, 0.4) is 0 Å². The highest BCUT2D eigenvalue weighted by Crippen LogP contribution is 2.36. The Balaban J connectivity index is 2.15. The van der Waals surface area contributed by atoms with Crippen molar-refractivity contribution in [1.82, 2.24) is 5.32 Å². The Morgan fingerprint density at radius 3 is 2.42 bits per heavy atom. The number of halogens is 1. The van der Waals surface area contributed by atoms with E-state index in [9.17, 15) is 19.1 Å². The first-order valence-corrected chi connectivity index (χ1v) is 7.73. The van der Waals surface area contributed by atoms with E-state index in [0.717, 1.165) is 0 Å². The van der Waals surface area contributed by atoms with E-state index < -0.39 is 29.3 Å². The molecule has 0 unspecified atom stereocenters. The van der Waals surface area contributed by atoms with Gasteiger partial charge in [0.05, 0.1) is 25.8 Å². The minimum Gasteiger partial charge on any atom is -0.507 e. The molecular formula is C19H16FNO5. The third kappa shape index (κ3) is 2.88. The maximum absolute atomic E-state index is 14.1. The first-order valence-electron chi connectivity index (χ1n) is 7.73. The lowest BCUT2D eigenvalue weighted by Gasteiger charge is -2.15. The molecule has 3 rings (SSSR count). The molecule has 0 spiro atoms. The molecule has 1 aliphatic rings. The molecule has 1 saturated heterocycles. The zero-order chi connectivity index (χ0) is 18.8. The van der Waals surface area contributed by atoms with Crippen LogP contribution < -0.4 is 14.8 Å². The lowest BCUT2D eigenvalue weighted by atomic mass is 9.95. The molecule has 0 aromatic heterocycles. The highest BCUT2D eigenvalue weighted by Gasteiger charge is 2.40. The molecule has 0 saturated carbocycles. The number of aliphatic hydroxyl groups is 1. The van der Waals surface area contributed by atoms with Gasteiger partial charge in [-0.15, -0.1) is 0 Å². The lowest BCUT2D eigenvalue weighted by molar-refractivity contribution is -0.133. The molecular weight excluding hydrogens is 341 g/mol. The van der Waals surface area contributed by atoms with Gasteiger partial charge in [0.15, 0.2) is 11.5 Å². The molecule has 1 amide bonds. The number of benzene rings is 2. The van der Waals surface area contributed by atoms with Crippen LogP contribution in [0, 0.1) is 5.82 Å². The highest BCUT2D eigenvalue weighted by atomic mass is 19.1. The summed E-state index contributed by atoms with van der Waals surface area (Å²) in [5, 5.41) is 13.1. The number of rotatable bonds is 4. The van der Waals surface area contributed by atoms with Crippen LogP contribution in [-0.2, 0) is 9.59 Å². The summed E-state index contributed by atoms with van der Waals surface area (Å²) in [4.78, 5) is 24.2. The van der Waals surface area contributed by atoms with Crippen molar-refractivity contribution in [2.45, 2.75) is 6.04 Å². The van der Waals surface area contributed by atoms with Gasteiger partial charge in [0.1, 0.15) is 11.6 Å². The average Bonchev–Trinajstić information content (AvgIpc) is 2.95. The van der Waals surface area contributed by atoms with Crippen LogP contribution in [0.2, 0.25) is 0 Å². The molecule has 1 heterocycles. The number of nitrogens with one attached hydrogen (secondary N) is 1. The lowest BCUT2D eigenvalue weighted by Crippen LogP contribution is -2.21. The van der Waals surface area contributed by atoms with E-state index in [1.165, 1.54) is 44.6 Å². The van der Waals surface area contributed by atoms with Crippen LogP contribution in [-0.4, -0.2) is 31.0 Å². The van der Waals surface area contributed by atoms with Gasteiger partial charge in [0.25, 0.3) is 11.7 Å². The fraction of sp³-hybridized carbons (Fsp3) is 0.158. The number of aliphatic hydroxyl groups excluding tert-OH is 1. The summed E-state index contributed by atoms with van der Waals surface area (Å²) >= 11 is 0. The Hall–Kier alpha value is -3.35. The Bertz CT molecular complexity index is 922. The Morgan fingerprint density at radius 1 is 1.08 bits per heavy atom. The Morgan fingerprint density at radius 2 is 1.77 bits per heavy atom. The second kappa shape index (κ2) is 6.87. The van der Waals surface area contributed by atoms with Crippen LogP contribution in [0.4, 0.5) is 4.39 Å². The molecule has 1 fully saturated rings. The van der Waals surface area contributed by atoms with Crippen molar-refractivity contribution in [1.29, 1.82) is 0 Å². The van der Waals surface area contributed by atoms with E-state index in [-0.39, 0.29) is 16.7 Å². The number of carbonyl (C=O) groups is 2. The number of ketones is 1. The minimum atomic E-state index is -1.08. The van der Waals surface area contributed by atoms with Crippen molar-refractivity contribution in [2.24, 2.45) is 0 Å². The van der Waals surface area contributed by atoms with E-state index in [1.54, 1.807) is 12.1 Å². The van der Waals surface area contributed by atoms with Gasteiger partial charge in [-0.05, 0) is 24.3 Å². The summed E-state index contributed by atoms with van der Waals surface area (Å²) in [6.07, 6.45) is 0. The van der Waals surface area contributed by atoms with Gasteiger partial charge >= 0.3 is 0 Å². The summed E-state index contributed by atoms with van der Waals surface area (Å²) in [6.45, 7) is 0. The fourth-order valence-corrected chi connectivity index (χ4v) is 2.85. The van der Waals surface area contributed by atoms with Gasteiger partial charge in [-0.1, -0.05) is 18.2 Å². The predicted octanol–water partition coefficient (Wildman–Crippen LogP) is 2.55. The molecule has 6 nitrogen and oxygen atoms in total. The van der Waals surface area contributed by atoms with Crippen LogP contribution in [0.1, 0.15) is 17.2 Å². The molecule has 2 aromatic carbocycles. The number of hydrogen-bond acceptors (Lipinski definition) is 5. The Labute approximate surface area is 148 Å². The largest absolute Gasteiger partial charge is 0.507 e. The van der Waals surface area contributed by atoms with Gasteiger partial charge in [0.2, 0.25) is 0 Å². The number of ether oxygens (including phenoxy) is 2. The van der Waals surface area contributed by atoms with Crippen molar-refractivity contribution in [2.75, 3.05) is 14.2 Å². The summed E-state index contributed by atoms with van der Waals surface area (Å²) in [5.74, 6) is -2.06. The second-order valence-corrected chi connectivity index (χ2v) is 5.59. The van der Waals surface area contributed by atoms with Gasteiger partial charge < -0.3 is 19.9 Å². The first kappa shape index (κ1) is 17.5. The maximum Gasteiger partial charge on any atom is 0.293 e. The maximum atomic E-state index is 14.1. The number of amides is 1. The molecule has 1 atom stereocenters. The van der Waals surface area contributed by atoms with E-state index in [4.69, 9.17) is 9.47 Å². The first-order chi connectivity index (χ1) is 12.5. The summed E-state index contributed by atoms with van der Waals surface area (Å²) in [7, 11) is 2.90. The van der Waals surface area contributed by atoms with E-state index >= 15 is 0 Å².